The van der Waals surface area contributed by atoms with Crippen molar-refractivity contribution in [2.45, 2.75) is 19.4 Å². The first-order chi connectivity index (χ1) is 13.2. The van der Waals surface area contributed by atoms with Crippen LogP contribution >= 0.6 is 0 Å². The topological polar surface area (TPSA) is 66.8 Å². The fraction of sp³-hybridized carbons (Fsp3) is 0.286. The smallest absolute Gasteiger partial charge is 0.262 e. The van der Waals surface area contributed by atoms with E-state index in [0.717, 1.165) is 31.2 Å². The number of nitrogens with one attached hydrogen (secondary N) is 1. The number of fused-ring (bicyclic) bond motifs is 1. The van der Waals surface area contributed by atoms with Gasteiger partial charge in [-0.15, -0.1) is 0 Å². The van der Waals surface area contributed by atoms with Crippen molar-refractivity contribution in [2.24, 2.45) is 5.92 Å². The number of hydrogen-bond donors (Lipinski definition) is 1. The first kappa shape index (κ1) is 16.2. The summed E-state index contributed by atoms with van der Waals surface area (Å²) in [5.74, 6) is 1.40. The molecule has 3 heterocycles. The zero-order valence-corrected chi connectivity index (χ0v) is 15.2. The molecule has 1 aliphatic carbocycles. The molecular formula is C21H21N5O. The third kappa shape index (κ3) is 2.82. The summed E-state index contributed by atoms with van der Waals surface area (Å²) >= 11 is 0. The summed E-state index contributed by atoms with van der Waals surface area (Å²) in [6, 6.07) is 10.5. The molecule has 2 atom stereocenters. The molecular weight excluding hydrogens is 338 g/mol. The largest absolute Gasteiger partial charge is 0.310 e. The Kier molecular flexibility index (Phi) is 3.79. The molecule has 136 valence electrons. The van der Waals surface area contributed by atoms with E-state index >= 15 is 0 Å². The molecule has 0 saturated carbocycles. The molecule has 27 heavy (non-hydrogen) atoms. The van der Waals surface area contributed by atoms with Gasteiger partial charge in [0.15, 0.2) is 5.65 Å². The highest BCUT2D eigenvalue weighted by Crippen LogP contribution is 2.31. The van der Waals surface area contributed by atoms with Crippen LogP contribution < -0.4 is 5.56 Å². The number of hydrogen-bond acceptors (Lipinski definition) is 4. The monoisotopic (exact) mass is 359 g/mol. The van der Waals surface area contributed by atoms with Crippen molar-refractivity contribution in [2.75, 3.05) is 13.1 Å². The summed E-state index contributed by atoms with van der Waals surface area (Å²) in [5, 5.41) is 4.87. The van der Waals surface area contributed by atoms with Gasteiger partial charge in [0.25, 0.3) is 5.56 Å². The van der Waals surface area contributed by atoms with Gasteiger partial charge >= 0.3 is 0 Å². The number of likely N-dealkylation sites (tertiary alicyclic amines) is 1. The van der Waals surface area contributed by atoms with Crippen LogP contribution in [0.1, 0.15) is 24.2 Å². The summed E-state index contributed by atoms with van der Waals surface area (Å²) < 4.78 is 1.75. The van der Waals surface area contributed by atoms with Crippen LogP contribution in [0.15, 0.2) is 59.6 Å². The Hall–Kier alpha value is -2.99. The van der Waals surface area contributed by atoms with Gasteiger partial charge in [0.05, 0.1) is 11.9 Å². The normalized spacial score (nSPS) is 22.2. The lowest BCUT2D eigenvalue weighted by atomic mass is 9.97. The van der Waals surface area contributed by atoms with Gasteiger partial charge in [-0.3, -0.25) is 9.69 Å². The van der Waals surface area contributed by atoms with E-state index in [2.05, 4.69) is 46.2 Å². The number of H-pyrrole nitrogens is 1. The molecule has 0 radical (unpaired) electrons. The van der Waals surface area contributed by atoms with Crippen LogP contribution in [-0.2, 0) is 6.54 Å². The molecule has 1 aromatic carbocycles. The highest BCUT2D eigenvalue weighted by molar-refractivity contribution is 5.80. The number of rotatable bonds is 4. The predicted octanol–water partition coefficient (Wildman–Crippen LogP) is 2.77. The molecule has 1 N–H and O–H groups in total. The van der Waals surface area contributed by atoms with Crippen LogP contribution in [0.4, 0.5) is 0 Å². The minimum absolute atomic E-state index is 0.112. The van der Waals surface area contributed by atoms with Gasteiger partial charge in [-0.25, -0.2) is 9.67 Å². The summed E-state index contributed by atoms with van der Waals surface area (Å²) in [4.78, 5) is 22.8. The molecule has 1 saturated heterocycles. The average molecular weight is 359 g/mol. The Balaban J connectivity index is 1.45. The highest BCUT2D eigenvalue weighted by atomic mass is 16.1. The summed E-state index contributed by atoms with van der Waals surface area (Å²) in [6.07, 6.45) is 7.48. The van der Waals surface area contributed by atoms with E-state index in [1.54, 1.807) is 10.9 Å². The van der Waals surface area contributed by atoms with Crippen LogP contribution in [-0.4, -0.2) is 37.7 Å². The first-order valence-corrected chi connectivity index (χ1v) is 9.32. The van der Waals surface area contributed by atoms with E-state index in [1.165, 1.54) is 5.56 Å². The van der Waals surface area contributed by atoms with E-state index in [1.807, 2.05) is 24.3 Å². The van der Waals surface area contributed by atoms with Crippen LogP contribution in [0.3, 0.4) is 0 Å². The second-order valence-corrected chi connectivity index (χ2v) is 7.46. The SMILES string of the molecule is CC1CN(Cc2ccccc2)CC1c1nc2c(cnn2C2=CC=C2)c(=O)[nH]1. The first-order valence-electron chi connectivity index (χ1n) is 9.32. The average Bonchev–Trinajstić information content (AvgIpc) is 3.19. The van der Waals surface area contributed by atoms with Gasteiger partial charge in [0.1, 0.15) is 11.2 Å². The minimum atomic E-state index is -0.112. The molecule has 6 heteroatoms. The lowest BCUT2D eigenvalue weighted by Crippen LogP contribution is -2.21. The van der Waals surface area contributed by atoms with Crippen molar-refractivity contribution >= 4 is 16.7 Å². The summed E-state index contributed by atoms with van der Waals surface area (Å²) in [5.41, 5.74) is 2.79. The van der Waals surface area contributed by atoms with Crippen molar-refractivity contribution in [1.82, 2.24) is 24.6 Å². The maximum atomic E-state index is 12.6. The molecule has 0 amide bonds. The van der Waals surface area contributed by atoms with Gasteiger partial charge in [0, 0.05) is 25.6 Å². The molecule has 1 fully saturated rings. The fourth-order valence-corrected chi connectivity index (χ4v) is 4.02. The number of aromatic amines is 1. The fourth-order valence-electron chi connectivity index (χ4n) is 4.02. The zero-order valence-electron chi connectivity index (χ0n) is 15.2. The Morgan fingerprint density at radius 3 is 2.78 bits per heavy atom. The van der Waals surface area contributed by atoms with Crippen molar-refractivity contribution in [3.05, 3.63) is 76.5 Å². The lowest BCUT2D eigenvalue weighted by molar-refractivity contribution is 0.318. The van der Waals surface area contributed by atoms with Crippen molar-refractivity contribution < 1.29 is 0 Å². The predicted molar refractivity (Wildman–Crippen MR) is 105 cm³/mol. The quantitative estimate of drug-likeness (QED) is 0.778. The third-order valence-electron chi connectivity index (χ3n) is 5.52. The van der Waals surface area contributed by atoms with Crippen LogP contribution in [0.2, 0.25) is 0 Å². The molecule has 2 aromatic heterocycles. The van der Waals surface area contributed by atoms with E-state index in [9.17, 15) is 4.79 Å². The maximum Gasteiger partial charge on any atom is 0.262 e. The number of benzene rings is 1. The third-order valence-corrected chi connectivity index (χ3v) is 5.52. The Labute approximate surface area is 156 Å². The number of nitrogens with zero attached hydrogens (tertiary/aromatic N) is 4. The van der Waals surface area contributed by atoms with Gasteiger partial charge < -0.3 is 4.98 Å². The second kappa shape index (κ2) is 6.32. The molecule has 0 bridgehead atoms. The van der Waals surface area contributed by atoms with E-state index in [0.29, 0.717) is 17.0 Å². The van der Waals surface area contributed by atoms with Gasteiger partial charge in [-0.05, 0) is 23.6 Å². The Bertz CT molecular complexity index is 1110. The van der Waals surface area contributed by atoms with Crippen LogP contribution in [0.5, 0.6) is 0 Å². The Morgan fingerprint density at radius 2 is 2.04 bits per heavy atom. The van der Waals surface area contributed by atoms with E-state index < -0.39 is 0 Å². The van der Waals surface area contributed by atoms with E-state index in [4.69, 9.17) is 4.98 Å². The molecule has 5 rings (SSSR count). The zero-order chi connectivity index (χ0) is 18.4. The maximum absolute atomic E-state index is 12.6. The number of aromatic nitrogens is 4. The van der Waals surface area contributed by atoms with Crippen LogP contribution in [0.25, 0.3) is 16.7 Å². The molecule has 3 aromatic rings. The lowest BCUT2D eigenvalue weighted by Gasteiger charge is -2.16. The van der Waals surface area contributed by atoms with Crippen molar-refractivity contribution in [3.8, 4) is 0 Å². The molecule has 1 aliphatic heterocycles. The van der Waals surface area contributed by atoms with Crippen molar-refractivity contribution in [3.63, 3.8) is 0 Å². The van der Waals surface area contributed by atoms with Gasteiger partial charge in [0.2, 0.25) is 0 Å². The summed E-state index contributed by atoms with van der Waals surface area (Å²) in [7, 11) is 0. The second-order valence-electron chi connectivity index (χ2n) is 7.46. The molecule has 6 nitrogen and oxygen atoms in total. The Morgan fingerprint density at radius 1 is 1.22 bits per heavy atom. The highest BCUT2D eigenvalue weighted by Gasteiger charge is 2.33. The minimum Gasteiger partial charge on any atom is -0.310 e. The molecule has 2 aliphatic rings. The van der Waals surface area contributed by atoms with Gasteiger partial charge in [-0.1, -0.05) is 43.3 Å². The summed E-state index contributed by atoms with van der Waals surface area (Å²) in [6.45, 7) is 5.04. The van der Waals surface area contributed by atoms with Gasteiger partial charge in [-0.2, -0.15) is 5.10 Å². The molecule has 0 spiro atoms. The molecule has 2 unspecified atom stereocenters. The van der Waals surface area contributed by atoms with Crippen LogP contribution in [0, 0.1) is 5.92 Å². The number of allylic oxidation sites excluding steroid dienone is 4. The van der Waals surface area contributed by atoms with Crippen molar-refractivity contribution in [1.29, 1.82) is 0 Å². The van der Waals surface area contributed by atoms with E-state index in [-0.39, 0.29) is 11.5 Å². The standard InChI is InChI=1S/C21H21N5O/c1-14-11-25(12-15-6-3-2-4-7-15)13-18(14)19-23-20-17(21(27)24-19)10-22-26(20)16-8-5-9-16/h2-10,14,18H,11-13H2,1H3,(H,23,24,27).